The molecule has 2 aromatic rings. The Bertz CT molecular complexity index is 863. The fraction of sp³-hybridized carbons (Fsp3) is 0.200. The van der Waals surface area contributed by atoms with Crippen molar-refractivity contribution in [2.75, 3.05) is 11.1 Å². The molecule has 0 fully saturated rings. The second-order valence-electron chi connectivity index (χ2n) is 5.87. The van der Waals surface area contributed by atoms with E-state index in [-0.39, 0.29) is 5.78 Å². The van der Waals surface area contributed by atoms with Crippen molar-refractivity contribution in [3.05, 3.63) is 69.7 Å². The lowest BCUT2D eigenvalue weighted by molar-refractivity contribution is 0.104. The molecule has 6 heteroatoms. The van der Waals surface area contributed by atoms with Crippen molar-refractivity contribution in [2.45, 2.75) is 19.4 Å². The number of allylic oxidation sites excluding steroid dienone is 1. The van der Waals surface area contributed by atoms with Gasteiger partial charge in [-0.1, -0.05) is 48.0 Å². The molecule has 1 aliphatic rings. The zero-order chi connectivity index (χ0) is 18.5. The van der Waals surface area contributed by atoms with Crippen molar-refractivity contribution in [3.63, 3.8) is 0 Å². The minimum absolute atomic E-state index is 0.0822. The molecule has 1 N–H and O–H groups in total. The van der Waals surface area contributed by atoms with Crippen LogP contribution in [0.2, 0.25) is 10.0 Å². The number of rotatable bonds is 5. The van der Waals surface area contributed by atoms with Crippen LogP contribution in [0.25, 0.3) is 6.08 Å². The molecule has 0 saturated carbocycles. The summed E-state index contributed by atoms with van der Waals surface area (Å²) in [6.45, 7) is 2.14. The van der Waals surface area contributed by atoms with E-state index in [9.17, 15) is 4.79 Å². The number of carbonyl (C=O) groups is 1. The molecule has 1 atom stereocenters. The van der Waals surface area contributed by atoms with Crippen molar-refractivity contribution >= 4 is 57.7 Å². The van der Waals surface area contributed by atoms with Crippen LogP contribution in [0.5, 0.6) is 0 Å². The van der Waals surface area contributed by atoms with E-state index in [0.29, 0.717) is 21.7 Å². The van der Waals surface area contributed by atoms with Gasteiger partial charge in [-0.2, -0.15) is 0 Å². The van der Waals surface area contributed by atoms with E-state index in [2.05, 4.69) is 17.2 Å². The summed E-state index contributed by atoms with van der Waals surface area (Å²) in [4.78, 5) is 16.9. The lowest BCUT2D eigenvalue weighted by atomic mass is 10.1. The Labute approximate surface area is 167 Å². The average molecular weight is 405 g/mol. The minimum Gasteiger partial charge on any atom is -0.335 e. The van der Waals surface area contributed by atoms with Gasteiger partial charge >= 0.3 is 0 Å². The average Bonchev–Trinajstić information content (AvgIpc) is 3.09. The SMILES string of the molecule is CCC1CSC(Nc2ccc(C(=O)/C=C/c3ccc(Cl)cc3Cl)cc2)=N1. The molecule has 0 bridgehead atoms. The fourth-order valence-corrected chi connectivity index (χ4v) is 3.98. The van der Waals surface area contributed by atoms with Gasteiger partial charge in [-0.3, -0.25) is 9.79 Å². The summed E-state index contributed by atoms with van der Waals surface area (Å²) in [6, 6.07) is 13.0. The highest BCUT2D eigenvalue weighted by molar-refractivity contribution is 8.14. The number of carbonyl (C=O) groups excluding carboxylic acids is 1. The van der Waals surface area contributed by atoms with Crippen molar-refractivity contribution < 1.29 is 4.79 Å². The van der Waals surface area contributed by atoms with E-state index < -0.39 is 0 Å². The van der Waals surface area contributed by atoms with Gasteiger partial charge in [0.2, 0.25) is 0 Å². The van der Waals surface area contributed by atoms with Gasteiger partial charge in [0, 0.05) is 27.0 Å². The van der Waals surface area contributed by atoms with E-state index in [1.54, 1.807) is 48.2 Å². The summed E-state index contributed by atoms with van der Waals surface area (Å²) in [6.07, 6.45) is 4.26. The lowest BCUT2D eigenvalue weighted by Gasteiger charge is -2.05. The van der Waals surface area contributed by atoms with Crippen LogP contribution in [0, 0.1) is 0 Å². The standard InChI is InChI=1S/C20H18Cl2N2OS/c1-2-16-12-26-20(23-16)24-17-8-4-14(5-9-17)19(25)10-6-13-3-7-15(21)11-18(13)22/h3-11,16H,2,12H2,1H3,(H,23,24)/b10-6+. The quantitative estimate of drug-likeness (QED) is 0.477. The summed E-state index contributed by atoms with van der Waals surface area (Å²) in [7, 11) is 0. The van der Waals surface area contributed by atoms with Crippen LogP contribution >= 0.6 is 35.0 Å². The number of thioether (sulfide) groups is 1. The smallest absolute Gasteiger partial charge is 0.185 e. The van der Waals surface area contributed by atoms with Crippen LogP contribution < -0.4 is 5.32 Å². The van der Waals surface area contributed by atoms with E-state index in [4.69, 9.17) is 23.2 Å². The molecule has 1 unspecified atom stereocenters. The maximum absolute atomic E-state index is 12.3. The lowest BCUT2D eigenvalue weighted by Crippen LogP contribution is -2.05. The number of anilines is 1. The van der Waals surface area contributed by atoms with Crippen LogP contribution in [-0.2, 0) is 0 Å². The van der Waals surface area contributed by atoms with Crippen molar-refractivity contribution in [1.82, 2.24) is 0 Å². The van der Waals surface area contributed by atoms with Crippen LogP contribution in [0.3, 0.4) is 0 Å². The number of hydrogen-bond acceptors (Lipinski definition) is 4. The molecule has 0 aliphatic carbocycles. The molecule has 0 saturated heterocycles. The van der Waals surface area contributed by atoms with Crippen molar-refractivity contribution in [2.24, 2.45) is 4.99 Å². The summed E-state index contributed by atoms with van der Waals surface area (Å²) < 4.78 is 0. The van der Waals surface area contributed by atoms with E-state index in [1.165, 1.54) is 6.08 Å². The van der Waals surface area contributed by atoms with Crippen molar-refractivity contribution in [3.8, 4) is 0 Å². The third-order valence-corrected chi connectivity index (χ3v) is 5.58. The first-order valence-electron chi connectivity index (χ1n) is 8.30. The monoisotopic (exact) mass is 404 g/mol. The molecule has 2 aromatic carbocycles. The van der Waals surface area contributed by atoms with Gasteiger partial charge < -0.3 is 5.32 Å². The van der Waals surface area contributed by atoms with Crippen LogP contribution in [-0.4, -0.2) is 22.7 Å². The highest BCUT2D eigenvalue weighted by atomic mass is 35.5. The van der Waals surface area contributed by atoms with Gasteiger partial charge in [0.15, 0.2) is 11.0 Å². The first-order chi connectivity index (χ1) is 12.5. The number of hydrogen-bond donors (Lipinski definition) is 1. The molecular weight excluding hydrogens is 387 g/mol. The zero-order valence-electron chi connectivity index (χ0n) is 14.2. The van der Waals surface area contributed by atoms with Crippen LogP contribution in [0.1, 0.15) is 29.3 Å². The number of ketones is 1. The Morgan fingerprint density at radius 3 is 2.69 bits per heavy atom. The Balaban J connectivity index is 1.64. The molecule has 0 radical (unpaired) electrons. The van der Waals surface area contributed by atoms with Crippen molar-refractivity contribution in [1.29, 1.82) is 0 Å². The Morgan fingerprint density at radius 1 is 1.27 bits per heavy atom. The molecule has 1 heterocycles. The molecule has 1 aliphatic heterocycles. The molecule has 0 aromatic heterocycles. The minimum atomic E-state index is -0.0822. The number of amidine groups is 1. The molecule has 3 rings (SSSR count). The topological polar surface area (TPSA) is 41.5 Å². The molecular formula is C20H18Cl2N2OS. The van der Waals surface area contributed by atoms with Crippen LogP contribution in [0.15, 0.2) is 53.5 Å². The largest absolute Gasteiger partial charge is 0.335 e. The predicted octanol–water partition coefficient (Wildman–Crippen LogP) is 6.18. The summed E-state index contributed by atoms with van der Waals surface area (Å²) in [5.41, 5.74) is 2.29. The molecule has 26 heavy (non-hydrogen) atoms. The van der Waals surface area contributed by atoms with Gasteiger partial charge in [-0.05, 0) is 60.5 Å². The maximum Gasteiger partial charge on any atom is 0.185 e. The third-order valence-electron chi connectivity index (χ3n) is 3.98. The predicted molar refractivity (Wildman–Crippen MR) is 114 cm³/mol. The molecule has 134 valence electrons. The Kier molecular flexibility index (Phi) is 6.41. The van der Waals surface area contributed by atoms with Crippen LogP contribution in [0.4, 0.5) is 5.69 Å². The number of nitrogens with zero attached hydrogens (tertiary/aromatic N) is 1. The second-order valence-corrected chi connectivity index (χ2v) is 7.73. The number of halogens is 2. The highest BCUT2D eigenvalue weighted by Gasteiger charge is 2.16. The number of aliphatic imine (C=N–C) groups is 1. The maximum atomic E-state index is 12.3. The van der Waals surface area contributed by atoms with E-state index in [1.807, 2.05) is 12.1 Å². The fourth-order valence-electron chi connectivity index (χ4n) is 2.43. The second kappa shape index (κ2) is 8.76. The first kappa shape index (κ1) is 19.0. The van der Waals surface area contributed by atoms with E-state index >= 15 is 0 Å². The molecule has 0 spiro atoms. The third kappa shape index (κ3) is 4.91. The number of nitrogens with one attached hydrogen (secondary N) is 1. The van der Waals surface area contributed by atoms with E-state index in [0.717, 1.165) is 28.6 Å². The van der Waals surface area contributed by atoms with Gasteiger partial charge in [0.25, 0.3) is 0 Å². The summed E-state index contributed by atoms with van der Waals surface area (Å²) in [5.74, 6) is 0.939. The number of benzene rings is 2. The Hall–Kier alpha value is -1.75. The van der Waals surface area contributed by atoms with Gasteiger partial charge in [0.1, 0.15) is 0 Å². The highest BCUT2D eigenvalue weighted by Crippen LogP contribution is 2.23. The first-order valence-corrected chi connectivity index (χ1v) is 10.0. The van der Waals surface area contributed by atoms with Gasteiger partial charge in [-0.25, -0.2) is 0 Å². The zero-order valence-corrected chi connectivity index (χ0v) is 16.5. The van der Waals surface area contributed by atoms with Gasteiger partial charge in [-0.15, -0.1) is 0 Å². The molecule has 0 amide bonds. The van der Waals surface area contributed by atoms with Gasteiger partial charge in [0.05, 0.1) is 6.04 Å². The Morgan fingerprint density at radius 2 is 2.04 bits per heavy atom. The normalized spacial score (nSPS) is 16.7. The summed E-state index contributed by atoms with van der Waals surface area (Å²) in [5, 5.41) is 5.32. The summed E-state index contributed by atoms with van der Waals surface area (Å²) >= 11 is 13.7. The molecule has 3 nitrogen and oxygen atoms in total.